The van der Waals surface area contributed by atoms with Gasteiger partial charge in [-0.15, -0.1) is 0 Å². The molecule has 0 saturated carbocycles. The van der Waals surface area contributed by atoms with Gasteiger partial charge >= 0.3 is 0 Å². The van der Waals surface area contributed by atoms with Crippen LogP contribution in [0.5, 0.6) is 5.75 Å². The Balaban J connectivity index is 1.95. The van der Waals surface area contributed by atoms with Gasteiger partial charge in [-0.05, 0) is 6.92 Å². The molecular weight excluding hydrogens is 266 g/mol. The monoisotopic (exact) mass is 283 g/mol. The van der Waals surface area contributed by atoms with Gasteiger partial charge < -0.3 is 30.5 Å². The average Bonchev–Trinajstić information content (AvgIpc) is 2.92. The number of ether oxygens (including phenoxy) is 2. The van der Waals surface area contributed by atoms with Crippen LogP contribution in [0.2, 0.25) is 0 Å². The van der Waals surface area contributed by atoms with Gasteiger partial charge in [0.2, 0.25) is 0 Å². The Morgan fingerprint density at radius 3 is 2.90 bits per heavy atom. The van der Waals surface area contributed by atoms with Crippen molar-refractivity contribution in [3.63, 3.8) is 0 Å². The third-order valence-electron chi connectivity index (χ3n) is 4.01. The standard InChI is InChI=1S/C12H17N3O5/c1-12(18)9(17)6(2-16)20-10(12)5-3-19-8-7(5)14-4-15-11(8)13/h4-6,9-10,16-18H,2-3H2,1H3,(H2,13,14,15)/t5?,6-,9-,10-,12-/m1/s1. The number of nitrogen functional groups attached to an aromatic ring is 1. The molecule has 0 amide bonds. The maximum atomic E-state index is 10.5. The molecule has 1 aromatic heterocycles. The van der Waals surface area contributed by atoms with Gasteiger partial charge in [0.25, 0.3) is 0 Å². The second-order valence-corrected chi connectivity index (χ2v) is 5.34. The van der Waals surface area contributed by atoms with Gasteiger partial charge in [0, 0.05) is 0 Å². The number of aliphatic hydroxyl groups is 3. The highest BCUT2D eigenvalue weighted by Crippen LogP contribution is 2.45. The Morgan fingerprint density at radius 1 is 1.50 bits per heavy atom. The van der Waals surface area contributed by atoms with Crippen LogP contribution in [-0.4, -0.2) is 62.4 Å². The van der Waals surface area contributed by atoms with Crippen molar-refractivity contribution in [1.29, 1.82) is 0 Å². The highest BCUT2D eigenvalue weighted by molar-refractivity contribution is 5.52. The lowest BCUT2D eigenvalue weighted by Gasteiger charge is -2.29. The Kier molecular flexibility index (Phi) is 3.05. The fraction of sp³-hybridized carbons (Fsp3) is 0.667. The van der Waals surface area contributed by atoms with Gasteiger partial charge in [0.05, 0.1) is 24.8 Å². The fourth-order valence-corrected chi connectivity index (χ4v) is 2.89. The summed E-state index contributed by atoms with van der Waals surface area (Å²) in [6, 6.07) is 0. The van der Waals surface area contributed by atoms with Crippen LogP contribution in [-0.2, 0) is 4.74 Å². The lowest BCUT2D eigenvalue weighted by molar-refractivity contribution is -0.0741. The zero-order valence-corrected chi connectivity index (χ0v) is 10.9. The number of nitrogens with zero attached hydrogens (tertiary/aromatic N) is 2. The maximum absolute atomic E-state index is 10.5. The van der Waals surface area contributed by atoms with E-state index in [0.717, 1.165) is 0 Å². The van der Waals surface area contributed by atoms with Crippen LogP contribution in [0, 0.1) is 0 Å². The number of aliphatic hydroxyl groups excluding tert-OH is 2. The first kappa shape index (κ1) is 13.5. The minimum Gasteiger partial charge on any atom is -0.487 e. The molecule has 1 aromatic rings. The van der Waals surface area contributed by atoms with Crippen molar-refractivity contribution in [2.45, 2.75) is 36.8 Å². The predicted octanol–water partition coefficient (Wildman–Crippen LogP) is -1.59. The lowest BCUT2D eigenvalue weighted by Crippen LogP contribution is -2.48. The number of anilines is 1. The zero-order valence-electron chi connectivity index (χ0n) is 10.9. The Bertz CT molecular complexity index is 524. The topological polar surface area (TPSA) is 131 Å². The van der Waals surface area contributed by atoms with E-state index < -0.39 is 23.9 Å². The molecule has 0 radical (unpaired) electrons. The van der Waals surface area contributed by atoms with E-state index in [1.54, 1.807) is 0 Å². The number of nitrogens with two attached hydrogens (primary N) is 1. The van der Waals surface area contributed by atoms with E-state index in [1.807, 2.05) is 0 Å². The van der Waals surface area contributed by atoms with E-state index in [1.165, 1.54) is 13.3 Å². The Labute approximate surface area is 115 Å². The van der Waals surface area contributed by atoms with E-state index >= 15 is 0 Å². The zero-order chi connectivity index (χ0) is 14.5. The summed E-state index contributed by atoms with van der Waals surface area (Å²) in [5.74, 6) is 0.240. The van der Waals surface area contributed by atoms with Gasteiger partial charge in [0.15, 0.2) is 11.6 Å². The van der Waals surface area contributed by atoms with Gasteiger partial charge in [-0.1, -0.05) is 0 Å². The summed E-state index contributed by atoms with van der Waals surface area (Å²) in [6.07, 6.45) is -1.44. The lowest BCUT2D eigenvalue weighted by atomic mass is 9.84. The average molecular weight is 283 g/mol. The molecule has 8 nitrogen and oxygen atoms in total. The van der Waals surface area contributed by atoms with E-state index in [-0.39, 0.29) is 24.9 Å². The molecule has 3 heterocycles. The summed E-state index contributed by atoms with van der Waals surface area (Å²) in [4.78, 5) is 7.98. The molecule has 1 fully saturated rings. The van der Waals surface area contributed by atoms with Crippen molar-refractivity contribution in [2.75, 3.05) is 18.9 Å². The van der Waals surface area contributed by atoms with Gasteiger partial charge in [-0.3, -0.25) is 0 Å². The third-order valence-corrected chi connectivity index (χ3v) is 4.01. The molecule has 8 heteroatoms. The second kappa shape index (κ2) is 4.52. The largest absolute Gasteiger partial charge is 0.487 e. The fourth-order valence-electron chi connectivity index (χ4n) is 2.89. The van der Waals surface area contributed by atoms with E-state index in [9.17, 15) is 15.3 Å². The summed E-state index contributed by atoms with van der Waals surface area (Å²) in [7, 11) is 0. The quantitative estimate of drug-likeness (QED) is 0.511. The Hall–Kier alpha value is -1.48. The SMILES string of the molecule is C[C@]1(O)[C@@H](C2COc3c(N)ncnc32)O[C@H](CO)[C@H]1O. The molecule has 2 aliphatic rings. The van der Waals surface area contributed by atoms with Crippen molar-refractivity contribution in [2.24, 2.45) is 0 Å². The predicted molar refractivity (Wildman–Crippen MR) is 67.1 cm³/mol. The van der Waals surface area contributed by atoms with E-state index in [2.05, 4.69) is 9.97 Å². The molecule has 0 spiro atoms. The molecule has 3 rings (SSSR count). The first-order chi connectivity index (χ1) is 9.46. The highest BCUT2D eigenvalue weighted by atomic mass is 16.6. The summed E-state index contributed by atoms with van der Waals surface area (Å²) in [6.45, 7) is 1.32. The molecule has 1 unspecified atom stereocenters. The molecule has 0 aromatic carbocycles. The van der Waals surface area contributed by atoms with Crippen molar-refractivity contribution >= 4 is 5.82 Å². The molecule has 5 atom stereocenters. The molecule has 1 saturated heterocycles. The molecule has 2 aliphatic heterocycles. The minimum atomic E-state index is -1.51. The van der Waals surface area contributed by atoms with Crippen LogP contribution in [0.15, 0.2) is 6.33 Å². The third kappa shape index (κ3) is 1.76. The molecular formula is C12H17N3O5. The van der Waals surface area contributed by atoms with Gasteiger partial charge in [-0.2, -0.15) is 0 Å². The first-order valence-electron chi connectivity index (χ1n) is 6.36. The molecule has 20 heavy (non-hydrogen) atoms. The summed E-state index contributed by atoms with van der Waals surface area (Å²) in [5, 5.41) is 29.7. The molecule has 110 valence electrons. The number of hydrogen-bond donors (Lipinski definition) is 4. The number of rotatable bonds is 2. The van der Waals surface area contributed by atoms with Crippen LogP contribution >= 0.6 is 0 Å². The summed E-state index contributed by atoms with van der Waals surface area (Å²) >= 11 is 0. The van der Waals surface area contributed by atoms with Gasteiger partial charge in [0.1, 0.15) is 30.2 Å². The number of fused-ring (bicyclic) bond motifs is 1. The molecule has 0 bridgehead atoms. The summed E-state index contributed by atoms with van der Waals surface area (Å²) in [5.41, 5.74) is 4.75. The van der Waals surface area contributed by atoms with Crippen LogP contribution in [0.25, 0.3) is 0 Å². The normalized spacial score (nSPS) is 39.6. The van der Waals surface area contributed by atoms with Crippen molar-refractivity contribution in [3.05, 3.63) is 12.0 Å². The smallest absolute Gasteiger partial charge is 0.183 e. The number of aromatic nitrogens is 2. The van der Waals surface area contributed by atoms with Crippen LogP contribution in [0.4, 0.5) is 5.82 Å². The van der Waals surface area contributed by atoms with Crippen LogP contribution < -0.4 is 10.5 Å². The van der Waals surface area contributed by atoms with E-state index in [0.29, 0.717) is 11.4 Å². The van der Waals surface area contributed by atoms with Crippen molar-refractivity contribution in [1.82, 2.24) is 9.97 Å². The van der Waals surface area contributed by atoms with Crippen molar-refractivity contribution in [3.8, 4) is 5.75 Å². The van der Waals surface area contributed by atoms with Crippen LogP contribution in [0.1, 0.15) is 18.5 Å². The minimum absolute atomic E-state index is 0.226. The van der Waals surface area contributed by atoms with Gasteiger partial charge in [-0.25, -0.2) is 9.97 Å². The summed E-state index contributed by atoms with van der Waals surface area (Å²) < 4.78 is 11.1. The van der Waals surface area contributed by atoms with Crippen LogP contribution in [0.3, 0.4) is 0 Å². The second-order valence-electron chi connectivity index (χ2n) is 5.34. The molecule has 0 aliphatic carbocycles. The number of hydrogen-bond acceptors (Lipinski definition) is 8. The first-order valence-corrected chi connectivity index (χ1v) is 6.36. The maximum Gasteiger partial charge on any atom is 0.183 e. The highest BCUT2D eigenvalue weighted by Gasteiger charge is 2.56. The Morgan fingerprint density at radius 2 is 2.25 bits per heavy atom. The molecule has 5 N–H and O–H groups in total. The van der Waals surface area contributed by atoms with Crippen molar-refractivity contribution < 1.29 is 24.8 Å². The van der Waals surface area contributed by atoms with E-state index in [4.69, 9.17) is 15.2 Å².